The molecule has 13 nitrogen and oxygen atoms in total. The largest absolute Gasteiger partial charge is 0.480 e. The number of carbonyl (C=O) groups excluding carboxylic acids is 1. The summed E-state index contributed by atoms with van der Waals surface area (Å²) in [6.45, 7) is 10.2. The molecule has 4 N–H and O–H groups in total. The zero-order valence-electron chi connectivity index (χ0n) is 33.7. The maximum Gasteiger partial charge on any atom is 0.408 e. The number of carbonyl (C=O) groups is 2. The highest BCUT2D eigenvalue weighted by molar-refractivity contribution is 5.95. The van der Waals surface area contributed by atoms with E-state index in [9.17, 15) is 14.7 Å². The Hall–Kier alpha value is -5.89. The highest BCUT2D eigenvalue weighted by Gasteiger charge is 2.31. The van der Waals surface area contributed by atoms with Crippen LogP contribution in [0.4, 0.5) is 4.79 Å². The lowest BCUT2D eigenvalue weighted by molar-refractivity contribution is -0.139. The predicted molar refractivity (Wildman–Crippen MR) is 223 cm³/mol. The number of hydrazine groups is 1. The number of hydrogen-bond acceptors (Lipinski definition) is 9. The van der Waals surface area contributed by atoms with E-state index in [0.717, 1.165) is 87.3 Å². The highest BCUT2D eigenvalue weighted by atomic mass is 16.5. The second-order valence-corrected chi connectivity index (χ2v) is 15.5. The Bertz CT molecular complexity index is 2370. The van der Waals surface area contributed by atoms with Gasteiger partial charge in [0.15, 0.2) is 0 Å². The minimum absolute atomic E-state index is 0.0423. The van der Waals surface area contributed by atoms with Crippen molar-refractivity contribution in [1.82, 2.24) is 40.7 Å². The first-order chi connectivity index (χ1) is 28.1. The number of methoxy groups -OCH3 is 1. The number of aliphatic carboxylic acids is 1. The van der Waals surface area contributed by atoms with Crippen LogP contribution in [0.25, 0.3) is 33.3 Å². The Morgan fingerprint density at radius 2 is 1.81 bits per heavy atom. The number of benzene rings is 3. The molecule has 0 spiro atoms. The number of nitrogens with one attached hydrogen (secondary N) is 3. The molecule has 58 heavy (non-hydrogen) atoms. The summed E-state index contributed by atoms with van der Waals surface area (Å²) >= 11 is 0. The maximum absolute atomic E-state index is 12.6. The van der Waals surface area contributed by atoms with Crippen molar-refractivity contribution in [1.29, 1.82) is 0 Å². The average Bonchev–Trinajstić information content (AvgIpc) is 3.87. The van der Waals surface area contributed by atoms with Gasteiger partial charge in [-0.15, -0.1) is 5.10 Å². The van der Waals surface area contributed by atoms with E-state index in [1.165, 1.54) is 0 Å². The molecule has 1 saturated heterocycles. The van der Waals surface area contributed by atoms with Gasteiger partial charge in [0, 0.05) is 49.3 Å². The van der Waals surface area contributed by atoms with Gasteiger partial charge in [-0.05, 0) is 99.0 Å². The number of carboxylic acids is 1. The fourth-order valence-corrected chi connectivity index (χ4v) is 7.82. The Kier molecular flexibility index (Phi) is 12.3. The number of nitrogens with zero attached hydrogens (tertiary/aromatic N) is 5. The fraction of sp³-hybridized carbons (Fsp3) is 0.356. The first kappa shape index (κ1) is 40.3. The smallest absolute Gasteiger partial charge is 0.408 e. The maximum atomic E-state index is 12.6. The number of alkyl carbamates (subject to hydrolysis) is 1. The third kappa shape index (κ3) is 8.81. The van der Waals surface area contributed by atoms with Crippen LogP contribution in [0.1, 0.15) is 80.8 Å². The molecule has 3 aromatic carbocycles. The zero-order chi connectivity index (χ0) is 40.8. The van der Waals surface area contributed by atoms with E-state index in [1.807, 2.05) is 78.5 Å². The molecule has 1 aliphatic rings. The molecule has 0 radical (unpaired) electrons. The van der Waals surface area contributed by atoms with Crippen LogP contribution in [0.5, 0.6) is 0 Å². The molecule has 0 aliphatic carbocycles. The Balaban J connectivity index is 1.25. The summed E-state index contributed by atoms with van der Waals surface area (Å²) in [4.78, 5) is 29.8. The van der Waals surface area contributed by atoms with Crippen molar-refractivity contribution < 1.29 is 24.2 Å². The number of pyridine rings is 1. The summed E-state index contributed by atoms with van der Waals surface area (Å²) < 4.78 is 15.5. The van der Waals surface area contributed by atoms with E-state index in [-0.39, 0.29) is 25.2 Å². The normalized spacial score (nSPS) is 15.6. The Labute approximate surface area is 338 Å². The molecule has 3 aromatic heterocycles. The standard InChI is InChI=1S/C45H52N8O5/c1-6-52-40-20-19-33(32-16-10-15-31(23-32)24-38(43(54)55)48-44(56)58-28-30-13-8-7-9-14-30)25-35(40)36(42(52)34-17-11-21-46-41(34)29(2)57-5)26-45(3,4)53-27-39(50-51-53)37-18-12-22-47-49-37/h7-11,13-17,19-21,23,25,27,29,37-38,47,49H,6,12,18,22,24,26,28H2,1-5H3,(H,48,56)(H,54,55)/t29-,37-,38?/m0/s1. The van der Waals surface area contributed by atoms with Gasteiger partial charge in [0.05, 0.1) is 35.3 Å². The number of hydrogen-bond donors (Lipinski definition) is 4. The first-order valence-electron chi connectivity index (χ1n) is 19.9. The molecule has 4 heterocycles. The van der Waals surface area contributed by atoms with Crippen molar-refractivity contribution in [3.63, 3.8) is 0 Å². The summed E-state index contributed by atoms with van der Waals surface area (Å²) in [5.41, 5.74) is 15.7. The summed E-state index contributed by atoms with van der Waals surface area (Å²) in [5, 5.41) is 23.0. The SMILES string of the molecule is CCn1c(-c2cccnc2[C@H](C)OC)c(CC(C)(C)n2cc([C@@H]3CCCNN3)nn2)c2cc(-c3cccc(CC(NC(=O)OCc4ccccc4)C(=O)O)c3)ccc21. The molecule has 6 aromatic rings. The van der Waals surface area contributed by atoms with Gasteiger partial charge in [-0.2, -0.15) is 0 Å². The molecule has 1 amide bonds. The van der Waals surface area contributed by atoms with Crippen LogP contribution in [0, 0.1) is 0 Å². The van der Waals surface area contributed by atoms with E-state index >= 15 is 0 Å². The third-order valence-electron chi connectivity index (χ3n) is 11.0. The van der Waals surface area contributed by atoms with Gasteiger partial charge in [0.25, 0.3) is 0 Å². The van der Waals surface area contributed by atoms with Gasteiger partial charge >= 0.3 is 12.1 Å². The van der Waals surface area contributed by atoms with Crippen molar-refractivity contribution in [3.8, 4) is 22.4 Å². The van der Waals surface area contributed by atoms with Crippen LogP contribution in [0.2, 0.25) is 0 Å². The molecule has 1 fully saturated rings. The molecule has 1 unspecified atom stereocenters. The minimum Gasteiger partial charge on any atom is -0.480 e. The van der Waals surface area contributed by atoms with Gasteiger partial charge in [-0.1, -0.05) is 65.9 Å². The fourth-order valence-electron chi connectivity index (χ4n) is 7.82. The molecule has 3 atom stereocenters. The van der Waals surface area contributed by atoms with E-state index in [1.54, 1.807) is 7.11 Å². The first-order valence-corrected chi connectivity index (χ1v) is 19.9. The van der Waals surface area contributed by atoms with E-state index in [4.69, 9.17) is 14.5 Å². The molecule has 302 valence electrons. The average molecular weight is 785 g/mol. The summed E-state index contributed by atoms with van der Waals surface area (Å²) in [6, 6.07) is 26.6. The van der Waals surface area contributed by atoms with Crippen LogP contribution in [0.15, 0.2) is 97.3 Å². The van der Waals surface area contributed by atoms with Crippen molar-refractivity contribution in [2.45, 2.75) is 90.3 Å². The molecule has 13 heteroatoms. The predicted octanol–water partition coefficient (Wildman–Crippen LogP) is 7.52. The van der Waals surface area contributed by atoms with Gasteiger partial charge < -0.3 is 24.5 Å². The summed E-state index contributed by atoms with van der Waals surface area (Å²) in [6.07, 6.45) is 5.62. The Morgan fingerprint density at radius 1 is 1.02 bits per heavy atom. The molecule has 7 rings (SSSR count). The molecule has 0 bridgehead atoms. The van der Waals surface area contributed by atoms with Crippen molar-refractivity contribution >= 4 is 23.0 Å². The van der Waals surface area contributed by atoms with Crippen LogP contribution in [0.3, 0.4) is 0 Å². The van der Waals surface area contributed by atoms with Crippen LogP contribution >= 0.6 is 0 Å². The zero-order valence-corrected chi connectivity index (χ0v) is 33.7. The molecular formula is C45H52N8O5. The number of carboxylic acid groups (broad SMARTS) is 1. The second-order valence-electron chi connectivity index (χ2n) is 15.5. The van der Waals surface area contributed by atoms with E-state index in [2.05, 4.69) is 82.3 Å². The minimum atomic E-state index is -1.18. The molecular weight excluding hydrogens is 733 g/mol. The van der Waals surface area contributed by atoms with Gasteiger partial charge in [-0.25, -0.2) is 19.7 Å². The summed E-state index contributed by atoms with van der Waals surface area (Å²) in [7, 11) is 1.70. The number of aromatic nitrogens is 5. The van der Waals surface area contributed by atoms with Crippen LogP contribution in [-0.4, -0.2) is 61.4 Å². The lowest BCUT2D eigenvalue weighted by Gasteiger charge is -2.26. The molecule has 1 aliphatic heterocycles. The topological polar surface area (TPSA) is 157 Å². The number of aryl methyl sites for hydroxylation is 1. The number of ether oxygens (including phenoxy) is 2. The van der Waals surface area contributed by atoms with Crippen LogP contribution < -0.4 is 16.2 Å². The van der Waals surface area contributed by atoms with Crippen LogP contribution in [-0.2, 0) is 45.8 Å². The van der Waals surface area contributed by atoms with Crippen molar-refractivity contribution in [2.24, 2.45) is 0 Å². The number of fused-ring (bicyclic) bond motifs is 1. The van der Waals surface area contributed by atoms with Gasteiger partial charge in [0.2, 0.25) is 0 Å². The molecule has 0 saturated carbocycles. The third-order valence-corrected chi connectivity index (χ3v) is 11.0. The Morgan fingerprint density at radius 3 is 2.55 bits per heavy atom. The van der Waals surface area contributed by atoms with Gasteiger partial charge in [0.1, 0.15) is 18.3 Å². The second kappa shape index (κ2) is 17.7. The monoisotopic (exact) mass is 784 g/mol. The van der Waals surface area contributed by atoms with E-state index in [0.29, 0.717) is 6.42 Å². The van der Waals surface area contributed by atoms with Crippen molar-refractivity contribution in [2.75, 3.05) is 13.7 Å². The highest BCUT2D eigenvalue weighted by Crippen LogP contribution is 2.41. The summed E-state index contributed by atoms with van der Waals surface area (Å²) in [5.74, 6) is -1.15. The lowest BCUT2D eigenvalue weighted by atomic mass is 9.89. The van der Waals surface area contributed by atoms with Crippen molar-refractivity contribution in [3.05, 3.63) is 125 Å². The number of rotatable bonds is 15. The number of amides is 1. The quantitative estimate of drug-likeness (QED) is 0.0822. The van der Waals surface area contributed by atoms with E-state index < -0.39 is 23.6 Å². The van der Waals surface area contributed by atoms with Gasteiger partial charge in [-0.3, -0.25) is 10.4 Å². The lowest BCUT2D eigenvalue weighted by Crippen LogP contribution is -2.42.